The van der Waals surface area contributed by atoms with E-state index >= 15 is 8.78 Å². The monoisotopic (exact) mass is 724 g/mol. The Morgan fingerprint density at radius 1 is 1.30 bits per heavy atom. The smallest absolute Gasteiger partial charge is 0.406 e. The summed E-state index contributed by atoms with van der Waals surface area (Å²) in [6, 6.07) is 8.99. The van der Waals surface area contributed by atoms with E-state index in [4.69, 9.17) is 29.0 Å². The molecule has 1 saturated heterocycles. The van der Waals surface area contributed by atoms with E-state index in [1.54, 1.807) is 40.1 Å². The Hall–Kier alpha value is -4.52. The molecule has 4 unspecified atom stereocenters. The number of anilines is 1. The van der Waals surface area contributed by atoms with Gasteiger partial charge in [0.2, 0.25) is 12.0 Å². The Labute approximate surface area is 283 Å². The number of carbonyl (C=O) groups is 1. The van der Waals surface area contributed by atoms with Gasteiger partial charge in [0.25, 0.3) is 5.91 Å². The van der Waals surface area contributed by atoms with Crippen LogP contribution in [-0.4, -0.2) is 81.9 Å². The van der Waals surface area contributed by atoms with Crippen LogP contribution >= 0.6 is 7.75 Å². The minimum Gasteiger partial charge on any atom is -0.493 e. The molecule has 0 spiro atoms. The Bertz CT molecular complexity index is 1880. The summed E-state index contributed by atoms with van der Waals surface area (Å²) >= 11 is 0. The number of aromatic nitrogens is 2. The van der Waals surface area contributed by atoms with E-state index in [2.05, 4.69) is 10.1 Å². The highest BCUT2D eigenvalue weighted by Gasteiger charge is 2.60. The zero-order chi connectivity index (χ0) is 36.5. The molecule has 5 rings (SSSR count). The van der Waals surface area contributed by atoms with Crippen molar-refractivity contribution < 1.29 is 51.4 Å². The number of carbonyl (C=O) groups excluding carboxylic acids is 1. The van der Waals surface area contributed by atoms with Gasteiger partial charge in [0, 0.05) is 43.9 Å². The van der Waals surface area contributed by atoms with Crippen LogP contribution in [0.1, 0.15) is 48.5 Å². The van der Waals surface area contributed by atoms with Crippen LogP contribution in [0.15, 0.2) is 53.5 Å². The predicted octanol–water partition coefficient (Wildman–Crippen LogP) is 3.78. The van der Waals surface area contributed by atoms with E-state index in [9.17, 15) is 29.4 Å². The molecule has 20 heteroatoms. The second kappa shape index (κ2) is 14.4. The molecular weight excluding hydrogens is 689 g/mol. The van der Waals surface area contributed by atoms with E-state index in [0.717, 1.165) is 18.3 Å². The molecule has 0 saturated carbocycles. The van der Waals surface area contributed by atoms with Crippen LogP contribution in [-0.2, 0) is 18.3 Å². The molecule has 0 aliphatic carbocycles. The number of aliphatic hydroxyl groups excluding tert-OH is 1. The van der Waals surface area contributed by atoms with Gasteiger partial charge >= 0.3 is 25.0 Å². The van der Waals surface area contributed by atoms with Gasteiger partial charge in [0.1, 0.15) is 29.5 Å². The number of aliphatic hydroxyl groups is 1. The van der Waals surface area contributed by atoms with Crippen molar-refractivity contribution in [2.75, 3.05) is 33.0 Å². The molecule has 2 aliphatic heterocycles. The van der Waals surface area contributed by atoms with Crippen molar-refractivity contribution in [2.45, 2.75) is 56.8 Å². The summed E-state index contributed by atoms with van der Waals surface area (Å²) < 4.78 is 73.1. The fourth-order valence-corrected chi connectivity index (χ4v) is 6.97. The molecule has 270 valence electrons. The second-order valence-electron chi connectivity index (χ2n) is 11.9. The van der Waals surface area contributed by atoms with Gasteiger partial charge in [-0.2, -0.15) is 13.8 Å². The Morgan fingerprint density at radius 2 is 2.04 bits per heavy atom. The summed E-state index contributed by atoms with van der Waals surface area (Å²) in [7, 11) is -1.29. The van der Waals surface area contributed by atoms with Crippen molar-refractivity contribution in [1.82, 2.24) is 19.5 Å². The lowest BCUT2D eigenvalue weighted by molar-refractivity contribution is -0.385. The topological polar surface area (TPSA) is 220 Å². The van der Waals surface area contributed by atoms with Crippen molar-refractivity contribution in [3.8, 4) is 17.2 Å². The van der Waals surface area contributed by atoms with Crippen LogP contribution in [0.3, 0.4) is 0 Å². The lowest BCUT2D eigenvalue weighted by atomic mass is 10.0. The third kappa shape index (κ3) is 7.77. The Balaban J connectivity index is 1.40. The van der Waals surface area contributed by atoms with Gasteiger partial charge in [-0.1, -0.05) is 6.07 Å². The minimum absolute atomic E-state index is 0.00583. The van der Waals surface area contributed by atoms with Crippen LogP contribution in [0.25, 0.3) is 0 Å². The fourth-order valence-electron chi connectivity index (χ4n) is 5.25. The average Bonchev–Trinajstić information content (AvgIpc) is 3.26. The molecule has 3 aromatic rings. The summed E-state index contributed by atoms with van der Waals surface area (Å²) in [6.07, 6.45) is -6.59. The first-order valence-electron chi connectivity index (χ1n) is 15.2. The van der Waals surface area contributed by atoms with Crippen LogP contribution in [0.2, 0.25) is 0 Å². The summed E-state index contributed by atoms with van der Waals surface area (Å²) in [6.45, 7) is 2.36. The number of hydrogen-bond donors (Lipinski definition) is 3. The summed E-state index contributed by atoms with van der Waals surface area (Å²) in [5.41, 5.74) is 4.31. The second-order valence-corrected chi connectivity index (χ2v) is 13.7. The van der Waals surface area contributed by atoms with E-state index in [-0.39, 0.29) is 53.1 Å². The van der Waals surface area contributed by atoms with Crippen molar-refractivity contribution in [2.24, 2.45) is 0 Å². The number of hydrogen-bond acceptors (Lipinski definition) is 13. The number of benzene rings is 2. The standard InChI is InChI=1S/C30H35F2N6O11P/c1-16(2)35-50(44,46-15-24-26(39)30(31,32)28(48-24)37-10-8-25(33)34-29(37)41)49-21-9-11-45-22-14-20(38(42)43)23(13-19(21)22)47-18-7-5-6-17(12-18)27(40)36(3)4/h5-8,10,12-14,16,21,24,26,28,39H,9,11,15H2,1-4H3,(H,35,44)(H2,33,34,41)/t21-,24?,26?,28?,50?/m1/s1. The van der Waals surface area contributed by atoms with Gasteiger partial charge in [-0.15, -0.1) is 0 Å². The maximum Gasteiger partial charge on any atom is 0.406 e. The normalized spacial score (nSPS) is 22.3. The van der Waals surface area contributed by atoms with Gasteiger partial charge in [-0.3, -0.25) is 28.5 Å². The maximum absolute atomic E-state index is 15.1. The van der Waals surface area contributed by atoms with Crippen molar-refractivity contribution in [3.63, 3.8) is 0 Å². The van der Waals surface area contributed by atoms with Crippen LogP contribution < -0.4 is 26.0 Å². The molecule has 0 bridgehead atoms. The quantitative estimate of drug-likeness (QED) is 0.138. The first-order chi connectivity index (χ1) is 23.5. The SMILES string of the molecule is CC(C)NP(=O)(OCC1OC(n2ccc(N)nc2=O)C(F)(F)C1O)O[C@@H]1CCOc2cc([N+](=O)[O-])c(Oc3cccc(C(=O)N(C)C)c3)cc21. The van der Waals surface area contributed by atoms with E-state index in [0.29, 0.717) is 4.57 Å². The summed E-state index contributed by atoms with van der Waals surface area (Å²) in [5.74, 6) is -4.61. The number of amides is 1. The molecule has 3 heterocycles. The molecule has 1 fully saturated rings. The number of nitro groups is 1. The van der Waals surface area contributed by atoms with Gasteiger partial charge in [-0.05, 0) is 44.2 Å². The number of halogens is 2. The number of nitrogen functional groups attached to an aromatic ring is 1. The molecule has 17 nitrogen and oxygen atoms in total. The van der Waals surface area contributed by atoms with Crippen molar-refractivity contribution in [3.05, 3.63) is 80.4 Å². The number of ether oxygens (including phenoxy) is 3. The number of alkyl halides is 2. The first-order valence-corrected chi connectivity index (χ1v) is 16.7. The number of nitrogens with one attached hydrogen (secondary N) is 1. The molecule has 1 amide bonds. The van der Waals surface area contributed by atoms with Gasteiger partial charge in [0.05, 0.1) is 24.2 Å². The highest BCUT2D eigenvalue weighted by Crippen LogP contribution is 2.54. The largest absolute Gasteiger partial charge is 0.493 e. The molecular formula is C30H35F2N6O11P. The molecule has 1 aromatic heterocycles. The van der Waals surface area contributed by atoms with Crippen LogP contribution in [0.4, 0.5) is 20.3 Å². The molecule has 2 aromatic carbocycles. The van der Waals surface area contributed by atoms with Gasteiger partial charge < -0.3 is 30.0 Å². The Kier molecular flexibility index (Phi) is 10.6. The minimum atomic E-state index is -4.42. The zero-order valence-electron chi connectivity index (χ0n) is 27.2. The maximum atomic E-state index is 15.1. The third-order valence-corrected chi connectivity index (χ3v) is 9.42. The number of nitro benzene ring substituents is 1. The Morgan fingerprint density at radius 3 is 2.70 bits per heavy atom. The van der Waals surface area contributed by atoms with Crippen LogP contribution in [0, 0.1) is 10.1 Å². The summed E-state index contributed by atoms with van der Waals surface area (Å²) in [4.78, 5) is 40.8. The lowest BCUT2D eigenvalue weighted by Crippen LogP contribution is -2.42. The third-order valence-electron chi connectivity index (χ3n) is 7.56. The van der Waals surface area contributed by atoms with Crippen LogP contribution in [0.5, 0.6) is 17.2 Å². The molecule has 2 aliphatic rings. The molecule has 0 radical (unpaired) electrons. The molecule has 5 atom stereocenters. The number of fused-ring (bicyclic) bond motifs is 1. The number of rotatable bonds is 12. The summed E-state index contributed by atoms with van der Waals surface area (Å²) in [5, 5.41) is 25.1. The molecule has 4 N–H and O–H groups in total. The fraction of sp³-hybridized carbons (Fsp3) is 0.433. The highest BCUT2D eigenvalue weighted by atomic mass is 31.2. The highest BCUT2D eigenvalue weighted by molar-refractivity contribution is 7.51. The van der Waals surface area contributed by atoms with Crippen molar-refractivity contribution >= 4 is 25.2 Å². The predicted molar refractivity (Wildman–Crippen MR) is 171 cm³/mol. The number of nitrogens with zero attached hydrogens (tertiary/aromatic N) is 4. The van der Waals surface area contributed by atoms with Crippen molar-refractivity contribution in [1.29, 1.82) is 0 Å². The lowest BCUT2D eigenvalue weighted by Gasteiger charge is -2.31. The van der Waals surface area contributed by atoms with E-state index < -0.39 is 67.2 Å². The van der Waals surface area contributed by atoms with Gasteiger partial charge in [-0.25, -0.2) is 14.4 Å². The number of nitrogens with two attached hydrogens (primary N) is 1. The van der Waals surface area contributed by atoms with E-state index in [1.165, 1.54) is 23.1 Å². The first kappa shape index (κ1) is 36.8. The average molecular weight is 725 g/mol. The zero-order valence-corrected chi connectivity index (χ0v) is 28.1. The van der Waals surface area contributed by atoms with E-state index in [1.807, 2.05) is 0 Å². The van der Waals surface area contributed by atoms with Gasteiger partial charge in [0.15, 0.2) is 6.10 Å². The molecule has 50 heavy (non-hydrogen) atoms.